The molecule has 3 unspecified atom stereocenters. The summed E-state index contributed by atoms with van der Waals surface area (Å²) in [6, 6.07) is 0. The lowest BCUT2D eigenvalue weighted by molar-refractivity contribution is -0.154. The average molecular weight is 288 g/mol. The minimum atomic E-state index is -0.0886. The molecule has 2 nitrogen and oxygen atoms in total. The van der Waals surface area contributed by atoms with Gasteiger partial charge in [0.2, 0.25) is 0 Å². The molecule has 5 fully saturated rings. The molecule has 116 valence electrons. The van der Waals surface area contributed by atoms with Gasteiger partial charge in [0.25, 0.3) is 0 Å². The van der Waals surface area contributed by atoms with Crippen LogP contribution < -0.4 is 0 Å². The van der Waals surface area contributed by atoms with Crippen LogP contribution in [0.5, 0.6) is 0 Å². The van der Waals surface area contributed by atoms with Crippen molar-refractivity contribution in [2.45, 2.75) is 71.3 Å². The number of ketones is 1. The van der Waals surface area contributed by atoms with Crippen LogP contribution in [0.25, 0.3) is 0 Å². The molecule has 5 saturated carbocycles. The third-order valence-electron chi connectivity index (χ3n) is 9.28. The Bertz CT molecular complexity index is 528. The van der Waals surface area contributed by atoms with Gasteiger partial charge < -0.3 is 5.11 Å². The van der Waals surface area contributed by atoms with Crippen LogP contribution in [-0.4, -0.2) is 17.0 Å². The summed E-state index contributed by atoms with van der Waals surface area (Å²) in [5, 5.41) is 11.0. The normalized spacial score (nSPS) is 64.5. The summed E-state index contributed by atoms with van der Waals surface area (Å²) in [4.78, 5) is 12.4. The van der Waals surface area contributed by atoms with Crippen molar-refractivity contribution in [2.24, 2.45) is 39.9 Å². The Morgan fingerprint density at radius 1 is 1.10 bits per heavy atom. The number of Topliss-reactive ketones (excluding diaryl/α,β-unsaturated/α-hetero) is 1. The zero-order chi connectivity index (χ0) is 14.6. The first-order valence-electron chi connectivity index (χ1n) is 9.15. The van der Waals surface area contributed by atoms with Crippen molar-refractivity contribution in [3.8, 4) is 0 Å². The van der Waals surface area contributed by atoms with E-state index in [9.17, 15) is 9.90 Å². The van der Waals surface area contributed by atoms with E-state index >= 15 is 0 Å². The van der Waals surface area contributed by atoms with Crippen LogP contribution >= 0.6 is 0 Å². The van der Waals surface area contributed by atoms with Gasteiger partial charge in [-0.25, -0.2) is 0 Å². The highest BCUT2D eigenvalue weighted by Crippen LogP contribution is 2.81. The first kappa shape index (κ1) is 13.1. The summed E-state index contributed by atoms with van der Waals surface area (Å²) in [6.07, 6.45) is 9.10. The van der Waals surface area contributed by atoms with Crippen molar-refractivity contribution in [1.29, 1.82) is 0 Å². The molecule has 1 spiro atoms. The monoisotopic (exact) mass is 288 g/mol. The Hall–Kier alpha value is -0.370. The van der Waals surface area contributed by atoms with Crippen LogP contribution in [0.1, 0.15) is 65.2 Å². The molecule has 5 aliphatic carbocycles. The van der Waals surface area contributed by atoms with Gasteiger partial charge in [-0.3, -0.25) is 4.79 Å². The summed E-state index contributed by atoms with van der Waals surface area (Å²) < 4.78 is 0. The molecule has 0 bridgehead atoms. The van der Waals surface area contributed by atoms with E-state index in [1.807, 2.05) is 0 Å². The number of rotatable bonds is 0. The van der Waals surface area contributed by atoms with Crippen LogP contribution in [0.2, 0.25) is 0 Å². The van der Waals surface area contributed by atoms with E-state index in [0.29, 0.717) is 23.0 Å². The maximum absolute atomic E-state index is 12.4. The van der Waals surface area contributed by atoms with Crippen molar-refractivity contribution in [1.82, 2.24) is 0 Å². The standard InChI is InChI=1S/C19H28O2/c1-17-7-6-14-12(13(17)3-4-15(17)20)9-16(21)19-10-11(19)5-8-18(14,19)2/h11-14,16,21H,3-10H2,1-2H3/t11?,12-,13-,14-,16?,17-,18+,19?/m0/s1. The Balaban J connectivity index is 1.57. The summed E-state index contributed by atoms with van der Waals surface area (Å²) in [5.41, 5.74) is 0.598. The van der Waals surface area contributed by atoms with Gasteiger partial charge in [0, 0.05) is 17.3 Å². The molecule has 2 heteroatoms. The minimum absolute atomic E-state index is 0.0523. The lowest BCUT2D eigenvalue weighted by Crippen LogP contribution is -2.56. The lowest BCUT2D eigenvalue weighted by Gasteiger charge is -2.59. The SMILES string of the molecule is C[C@]12CC[C@H]3[C@@H](CC(O)C45CC4CC[C@]35C)[C@@H]1CCC2=O. The van der Waals surface area contributed by atoms with Crippen molar-refractivity contribution in [3.05, 3.63) is 0 Å². The first-order valence-corrected chi connectivity index (χ1v) is 9.15. The molecule has 1 N–H and O–H groups in total. The van der Waals surface area contributed by atoms with Crippen LogP contribution in [0.3, 0.4) is 0 Å². The molecular weight excluding hydrogens is 260 g/mol. The Kier molecular flexibility index (Phi) is 2.23. The van der Waals surface area contributed by atoms with Crippen molar-refractivity contribution in [3.63, 3.8) is 0 Å². The predicted molar refractivity (Wildman–Crippen MR) is 80.6 cm³/mol. The maximum Gasteiger partial charge on any atom is 0.139 e. The molecule has 0 heterocycles. The molecule has 5 aliphatic rings. The van der Waals surface area contributed by atoms with E-state index in [-0.39, 0.29) is 16.9 Å². The summed E-state index contributed by atoms with van der Waals surface area (Å²) >= 11 is 0. The first-order chi connectivity index (χ1) is 9.93. The number of hydrogen-bond donors (Lipinski definition) is 1. The third kappa shape index (κ3) is 1.22. The van der Waals surface area contributed by atoms with Gasteiger partial charge in [0.15, 0.2) is 0 Å². The van der Waals surface area contributed by atoms with E-state index in [2.05, 4.69) is 13.8 Å². The molecule has 0 aromatic carbocycles. The molecule has 0 saturated heterocycles. The van der Waals surface area contributed by atoms with E-state index < -0.39 is 0 Å². The lowest BCUT2D eigenvalue weighted by atomic mass is 9.46. The highest BCUT2D eigenvalue weighted by Gasteiger charge is 2.77. The maximum atomic E-state index is 12.4. The molecule has 21 heavy (non-hydrogen) atoms. The molecular formula is C19H28O2. The number of carbonyl (C=O) groups excluding carboxylic acids is 1. The van der Waals surface area contributed by atoms with Crippen LogP contribution in [-0.2, 0) is 4.79 Å². The second-order valence-electron chi connectivity index (χ2n) is 9.44. The highest BCUT2D eigenvalue weighted by molar-refractivity contribution is 5.87. The quantitative estimate of drug-likeness (QED) is 0.740. The van der Waals surface area contributed by atoms with E-state index in [4.69, 9.17) is 0 Å². The second kappa shape index (κ2) is 3.58. The van der Waals surface area contributed by atoms with Gasteiger partial charge in [0.1, 0.15) is 5.78 Å². The van der Waals surface area contributed by atoms with Gasteiger partial charge >= 0.3 is 0 Å². The summed E-state index contributed by atoms with van der Waals surface area (Å²) in [6.45, 7) is 4.73. The number of carbonyl (C=O) groups is 1. The number of hydrogen-bond acceptors (Lipinski definition) is 2. The number of aliphatic hydroxyl groups is 1. The fourth-order valence-corrected chi connectivity index (χ4v) is 8.08. The van der Waals surface area contributed by atoms with Gasteiger partial charge in [0.05, 0.1) is 6.10 Å². The van der Waals surface area contributed by atoms with Gasteiger partial charge in [-0.2, -0.15) is 0 Å². The van der Waals surface area contributed by atoms with Crippen LogP contribution in [0.4, 0.5) is 0 Å². The topological polar surface area (TPSA) is 37.3 Å². The van der Waals surface area contributed by atoms with Crippen molar-refractivity contribution in [2.75, 3.05) is 0 Å². The zero-order valence-electron chi connectivity index (χ0n) is 13.4. The van der Waals surface area contributed by atoms with Crippen LogP contribution in [0.15, 0.2) is 0 Å². The zero-order valence-corrected chi connectivity index (χ0v) is 13.4. The second-order valence-corrected chi connectivity index (χ2v) is 9.44. The predicted octanol–water partition coefficient (Wildman–Crippen LogP) is 3.57. The van der Waals surface area contributed by atoms with Gasteiger partial charge in [-0.15, -0.1) is 0 Å². The summed E-state index contributed by atoms with van der Waals surface area (Å²) in [5.74, 6) is 3.28. The molecule has 0 aliphatic heterocycles. The average Bonchev–Trinajstić information content (AvgIpc) is 3.01. The van der Waals surface area contributed by atoms with E-state index in [1.54, 1.807) is 0 Å². The minimum Gasteiger partial charge on any atom is -0.393 e. The number of fused-ring (bicyclic) bond motifs is 4. The molecule has 8 atom stereocenters. The van der Waals surface area contributed by atoms with Crippen molar-refractivity contribution < 1.29 is 9.90 Å². The van der Waals surface area contributed by atoms with E-state index in [0.717, 1.165) is 37.5 Å². The highest BCUT2D eigenvalue weighted by atomic mass is 16.3. The fraction of sp³-hybridized carbons (Fsp3) is 0.947. The Labute approximate surface area is 127 Å². The molecule has 0 aromatic heterocycles. The van der Waals surface area contributed by atoms with Crippen LogP contribution in [0, 0.1) is 39.9 Å². The molecule has 0 radical (unpaired) electrons. The van der Waals surface area contributed by atoms with E-state index in [1.165, 1.54) is 25.7 Å². The molecule has 0 amide bonds. The van der Waals surface area contributed by atoms with Gasteiger partial charge in [-0.1, -0.05) is 13.8 Å². The fourth-order valence-electron chi connectivity index (χ4n) is 8.08. The third-order valence-corrected chi connectivity index (χ3v) is 9.28. The van der Waals surface area contributed by atoms with Gasteiger partial charge in [-0.05, 0) is 74.0 Å². The largest absolute Gasteiger partial charge is 0.393 e. The smallest absolute Gasteiger partial charge is 0.139 e. The summed E-state index contributed by atoms with van der Waals surface area (Å²) in [7, 11) is 0. The molecule has 0 aromatic rings. The Morgan fingerprint density at radius 2 is 1.90 bits per heavy atom. The number of aliphatic hydroxyl groups excluding tert-OH is 1. The molecule has 5 rings (SSSR count). The Morgan fingerprint density at radius 3 is 2.67 bits per heavy atom. The van der Waals surface area contributed by atoms with Crippen molar-refractivity contribution >= 4 is 5.78 Å².